The summed E-state index contributed by atoms with van der Waals surface area (Å²) in [4.78, 5) is 2.66. The van der Waals surface area contributed by atoms with Crippen molar-refractivity contribution in [3.05, 3.63) is 29.8 Å². The third-order valence-electron chi connectivity index (χ3n) is 4.49. The van der Waals surface area contributed by atoms with Gasteiger partial charge in [-0.05, 0) is 50.5 Å². The van der Waals surface area contributed by atoms with E-state index < -0.39 is 0 Å². The Hall–Kier alpha value is -1.06. The van der Waals surface area contributed by atoms with Gasteiger partial charge in [-0.3, -0.25) is 4.90 Å². The molecule has 1 unspecified atom stereocenters. The van der Waals surface area contributed by atoms with Crippen LogP contribution in [0.25, 0.3) is 0 Å². The van der Waals surface area contributed by atoms with Crippen LogP contribution in [0.5, 0.6) is 5.75 Å². The number of piperidine rings is 1. The number of nitrogens with one attached hydrogen (secondary N) is 1. The molecule has 2 aliphatic rings. The van der Waals surface area contributed by atoms with Crippen LogP contribution in [0.15, 0.2) is 24.3 Å². The maximum atomic E-state index is 6.12. The van der Waals surface area contributed by atoms with Crippen LogP contribution in [0.3, 0.4) is 0 Å². The molecule has 0 spiro atoms. The predicted octanol–water partition coefficient (Wildman–Crippen LogP) is 2.45. The zero-order chi connectivity index (χ0) is 13.8. The van der Waals surface area contributed by atoms with Crippen molar-refractivity contribution in [2.45, 2.75) is 44.8 Å². The van der Waals surface area contributed by atoms with Crippen LogP contribution in [-0.4, -0.2) is 43.2 Å². The second-order valence-corrected chi connectivity index (χ2v) is 6.03. The van der Waals surface area contributed by atoms with Crippen molar-refractivity contribution in [2.24, 2.45) is 0 Å². The summed E-state index contributed by atoms with van der Waals surface area (Å²) in [7, 11) is 0. The molecule has 1 saturated heterocycles. The molecule has 110 valence electrons. The fourth-order valence-corrected chi connectivity index (χ4v) is 3.50. The molecule has 0 bridgehead atoms. The summed E-state index contributed by atoms with van der Waals surface area (Å²) in [6, 6.07) is 9.22. The average molecular weight is 274 g/mol. The molecule has 0 aliphatic carbocycles. The van der Waals surface area contributed by atoms with Crippen LogP contribution < -0.4 is 10.1 Å². The van der Waals surface area contributed by atoms with E-state index in [9.17, 15) is 0 Å². The van der Waals surface area contributed by atoms with Crippen molar-refractivity contribution in [1.29, 1.82) is 0 Å². The quantitative estimate of drug-likeness (QED) is 0.892. The molecule has 1 aromatic rings. The molecule has 1 N–H and O–H groups in total. The van der Waals surface area contributed by atoms with Gasteiger partial charge in [-0.15, -0.1) is 0 Å². The molecule has 20 heavy (non-hydrogen) atoms. The number of para-hydroxylation sites is 1. The van der Waals surface area contributed by atoms with Crippen molar-refractivity contribution < 1.29 is 4.74 Å². The van der Waals surface area contributed by atoms with Crippen molar-refractivity contribution in [1.82, 2.24) is 10.2 Å². The number of hydrogen-bond acceptors (Lipinski definition) is 3. The maximum absolute atomic E-state index is 6.12. The van der Waals surface area contributed by atoms with E-state index in [0.717, 1.165) is 37.8 Å². The summed E-state index contributed by atoms with van der Waals surface area (Å²) in [5.41, 5.74) is 1.37. The normalized spacial score (nSPS) is 22.8. The lowest BCUT2D eigenvalue weighted by Gasteiger charge is -2.35. The average Bonchev–Trinajstić information content (AvgIpc) is 2.90. The Kier molecular flexibility index (Phi) is 4.58. The number of hydrogen-bond donors (Lipinski definition) is 1. The van der Waals surface area contributed by atoms with Gasteiger partial charge in [0.15, 0.2) is 0 Å². The third kappa shape index (κ3) is 3.15. The molecule has 1 fully saturated rings. The summed E-state index contributed by atoms with van der Waals surface area (Å²) in [5, 5.41) is 3.46. The fourth-order valence-electron chi connectivity index (χ4n) is 3.50. The van der Waals surface area contributed by atoms with Gasteiger partial charge in [-0.1, -0.05) is 25.1 Å². The van der Waals surface area contributed by atoms with Crippen molar-refractivity contribution in [3.8, 4) is 5.75 Å². The molecule has 0 saturated carbocycles. The first-order valence-corrected chi connectivity index (χ1v) is 8.06. The van der Waals surface area contributed by atoms with Gasteiger partial charge in [0.1, 0.15) is 11.9 Å². The standard InChI is InChI=1S/C17H26N2O/c1-2-11-19(15-7-9-18-10-8-15)13-16-12-14-5-3-4-6-17(14)20-16/h3-6,15-16,18H,2,7-13H2,1H3. The largest absolute Gasteiger partial charge is 0.488 e. The second-order valence-electron chi connectivity index (χ2n) is 6.03. The fraction of sp³-hybridized carbons (Fsp3) is 0.647. The lowest BCUT2D eigenvalue weighted by molar-refractivity contribution is 0.0999. The zero-order valence-corrected chi connectivity index (χ0v) is 12.5. The minimum absolute atomic E-state index is 0.342. The molecule has 3 heteroatoms. The topological polar surface area (TPSA) is 24.5 Å². The van der Waals surface area contributed by atoms with Crippen LogP contribution in [0.2, 0.25) is 0 Å². The van der Waals surface area contributed by atoms with Crippen LogP contribution in [0, 0.1) is 0 Å². The molecular weight excluding hydrogens is 248 g/mol. The Labute approximate surface area is 122 Å². The number of fused-ring (bicyclic) bond motifs is 1. The van der Waals surface area contributed by atoms with E-state index in [1.807, 2.05) is 0 Å². The van der Waals surface area contributed by atoms with Gasteiger partial charge in [-0.25, -0.2) is 0 Å². The van der Waals surface area contributed by atoms with Gasteiger partial charge >= 0.3 is 0 Å². The minimum Gasteiger partial charge on any atom is -0.488 e. The second kappa shape index (κ2) is 6.59. The van der Waals surface area contributed by atoms with E-state index in [-0.39, 0.29) is 0 Å². The molecule has 0 amide bonds. The molecular formula is C17H26N2O. The first-order chi connectivity index (χ1) is 9.86. The summed E-state index contributed by atoms with van der Waals surface area (Å²) >= 11 is 0. The molecule has 3 rings (SSSR count). The Bertz CT molecular complexity index is 404. The van der Waals surface area contributed by atoms with Gasteiger partial charge in [-0.2, -0.15) is 0 Å². The maximum Gasteiger partial charge on any atom is 0.123 e. The molecule has 2 aliphatic heterocycles. The van der Waals surface area contributed by atoms with E-state index in [2.05, 4.69) is 41.4 Å². The molecule has 1 aromatic carbocycles. The van der Waals surface area contributed by atoms with Gasteiger partial charge in [0.25, 0.3) is 0 Å². The summed E-state index contributed by atoms with van der Waals surface area (Å²) in [6.07, 6.45) is 5.19. The Morgan fingerprint density at radius 2 is 2.05 bits per heavy atom. The number of nitrogens with zero attached hydrogens (tertiary/aromatic N) is 1. The van der Waals surface area contributed by atoms with Gasteiger partial charge in [0.2, 0.25) is 0 Å². The Balaban J connectivity index is 1.60. The Morgan fingerprint density at radius 3 is 2.80 bits per heavy atom. The van der Waals surface area contributed by atoms with Crippen LogP contribution in [0.4, 0.5) is 0 Å². The number of benzene rings is 1. The van der Waals surface area contributed by atoms with E-state index >= 15 is 0 Å². The highest BCUT2D eigenvalue weighted by Gasteiger charge is 2.28. The van der Waals surface area contributed by atoms with Crippen LogP contribution in [-0.2, 0) is 6.42 Å². The van der Waals surface area contributed by atoms with Crippen molar-refractivity contribution >= 4 is 0 Å². The lowest BCUT2D eigenvalue weighted by Crippen LogP contribution is -2.47. The molecule has 3 nitrogen and oxygen atoms in total. The first-order valence-electron chi connectivity index (χ1n) is 8.06. The van der Waals surface area contributed by atoms with Gasteiger partial charge in [0, 0.05) is 19.0 Å². The third-order valence-corrected chi connectivity index (χ3v) is 4.49. The smallest absolute Gasteiger partial charge is 0.123 e. The predicted molar refractivity (Wildman–Crippen MR) is 82.3 cm³/mol. The van der Waals surface area contributed by atoms with E-state index in [0.29, 0.717) is 6.10 Å². The first kappa shape index (κ1) is 13.9. The molecule has 0 radical (unpaired) electrons. The summed E-state index contributed by atoms with van der Waals surface area (Å²) in [6.45, 7) is 6.87. The molecule has 1 atom stereocenters. The van der Waals surface area contributed by atoms with Crippen LogP contribution in [0.1, 0.15) is 31.7 Å². The van der Waals surface area contributed by atoms with Gasteiger partial charge < -0.3 is 10.1 Å². The van der Waals surface area contributed by atoms with Crippen LogP contribution >= 0.6 is 0 Å². The van der Waals surface area contributed by atoms with E-state index in [4.69, 9.17) is 4.74 Å². The number of rotatable bonds is 5. The summed E-state index contributed by atoms with van der Waals surface area (Å²) < 4.78 is 6.12. The Morgan fingerprint density at radius 1 is 1.25 bits per heavy atom. The molecule has 0 aromatic heterocycles. The lowest BCUT2D eigenvalue weighted by atomic mass is 10.0. The highest BCUT2D eigenvalue weighted by Crippen LogP contribution is 2.29. The zero-order valence-electron chi connectivity index (χ0n) is 12.5. The van der Waals surface area contributed by atoms with E-state index in [1.165, 1.54) is 31.4 Å². The monoisotopic (exact) mass is 274 g/mol. The minimum atomic E-state index is 0.342. The highest BCUT2D eigenvalue weighted by atomic mass is 16.5. The van der Waals surface area contributed by atoms with Crippen molar-refractivity contribution in [2.75, 3.05) is 26.2 Å². The SMILES string of the molecule is CCCN(CC1Cc2ccccc2O1)C1CCNCC1. The van der Waals surface area contributed by atoms with Gasteiger partial charge in [0.05, 0.1) is 0 Å². The number of ether oxygens (including phenoxy) is 1. The highest BCUT2D eigenvalue weighted by molar-refractivity contribution is 5.37. The van der Waals surface area contributed by atoms with E-state index in [1.54, 1.807) is 0 Å². The molecule has 2 heterocycles. The summed E-state index contributed by atoms with van der Waals surface area (Å²) in [5.74, 6) is 1.10. The van der Waals surface area contributed by atoms with Crippen molar-refractivity contribution in [3.63, 3.8) is 0 Å².